The van der Waals surface area contributed by atoms with Crippen molar-refractivity contribution in [2.24, 2.45) is 0 Å². The maximum absolute atomic E-state index is 11.9. The van der Waals surface area contributed by atoms with Crippen LogP contribution in [-0.2, 0) is 4.74 Å². The van der Waals surface area contributed by atoms with Crippen molar-refractivity contribution in [3.63, 3.8) is 0 Å². The monoisotopic (exact) mass is 276 g/mol. The number of carbonyl (C=O) groups excluding carboxylic acids is 1. The van der Waals surface area contributed by atoms with Gasteiger partial charge in [0.1, 0.15) is 0 Å². The van der Waals surface area contributed by atoms with Gasteiger partial charge in [0, 0.05) is 13.2 Å². The van der Waals surface area contributed by atoms with E-state index in [4.69, 9.17) is 4.74 Å². The molecule has 0 spiro atoms. The lowest BCUT2D eigenvalue weighted by Gasteiger charge is -2.36. The lowest BCUT2D eigenvalue weighted by Crippen LogP contribution is -2.50. The first kappa shape index (κ1) is 14.9. The molecule has 2 rings (SSSR count). The Bertz CT molecular complexity index is 416. The van der Waals surface area contributed by atoms with E-state index in [9.17, 15) is 4.79 Å². The zero-order valence-corrected chi connectivity index (χ0v) is 12.3. The van der Waals surface area contributed by atoms with Gasteiger partial charge in [-0.1, -0.05) is 37.3 Å². The Labute approximate surface area is 120 Å². The van der Waals surface area contributed by atoms with Crippen LogP contribution < -0.4 is 10.6 Å². The first-order chi connectivity index (χ1) is 9.72. The normalized spacial score (nSPS) is 22.7. The Balaban J connectivity index is 1.70. The minimum Gasteiger partial charge on any atom is -0.383 e. The highest BCUT2D eigenvalue weighted by atomic mass is 16.5. The van der Waals surface area contributed by atoms with Crippen LogP contribution in [0.25, 0.3) is 0 Å². The van der Waals surface area contributed by atoms with Crippen molar-refractivity contribution in [3.8, 4) is 0 Å². The molecule has 0 heterocycles. The summed E-state index contributed by atoms with van der Waals surface area (Å²) in [7, 11) is 1.65. The molecule has 0 unspecified atom stereocenters. The molecule has 20 heavy (non-hydrogen) atoms. The molecule has 4 nitrogen and oxygen atoms in total. The largest absolute Gasteiger partial charge is 0.383 e. The molecule has 0 radical (unpaired) electrons. The first-order valence-corrected chi connectivity index (χ1v) is 7.33. The number of carbonyl (C=O) groups is 1. The molecule has 1 aliphatic rings. The van der Waals surface area contributed by atoms with Crippen LogP contribution in [0.15, 0.2) is 30.3 Å². The predicted octanol–water partition coefficient (Wildman–Crippen LogP) is 2.66. The Morgan fingerprint density at radius 3 is 2.65 bits per heavy atom. The number of nitrogens with one attached hydrogen (secondary N) is 2. The Morgan fingerprint density at radius 2 is 2.05 bits per heavy atom. The smallest absolute Gasteiger partial charge is 0.315 e. The summed E-state index contributed by atoms with van der Waals surface area (Å²) in [6, 6.07) is 10.8. The van der Waals surface area contributed by atoms with E-state index in [2.05, 4.69) is 34.9 Å². The fourth-order valence-corrected chi connectivity index (χ4v) is 2.61. The van der Waals surface area contributed by atoms with Gasteiger partial charge in [-0.05, 0) is 30.7 Å². The second-order valence-electron chi connectivity index (χ2n) is 5.45. The van der Waals surface area contributed by atoms with Crippen LogP contribution in [0.1, 0.15) is 37.7 Å². The van der Waals surface area contributed by atoms with Crippen LogP contribution in [0, 0.1) is 0 Å². The Hall–Kier alpha value is -1.55. The van der Waals surface area contributed by atoms with E-state index in [-0.39, 0.29) is 12.1 Å². The average Bonchev–Trinajstić information content (AvgIpc) is 2.43. The summed E-state index contributed by atoms with van der Waals surface area (Å²) in [6.45, 7) is 2.60. The number of benzene rings is 1. The second kappa shape index (κ2) is 7.29. The second-order valence-corrected chi connectivity index (χ2v) is 5.45. The molecule has 4 heteroatoms. The van der Waals surface area contributed by atoms with Gasteiger partial charge in [-0.25, -0.2) is 4.79 Å². The summed E-state index contributed by atoms with van der Waals surface area (Å²) in [5, 5.41) is 5.98. The minimum absolute atomic E-state index is 0.0783. The standard InChI is InChI=1S/C16H24N2O2/c1-3-14(11-20-2)17-16(19)18-15-9-13(10-15)12-7-5-4-6-8-12/h4-8,13-15H,3,9-11H2,1-2H3,(H2,17,18,19)/t13?,14-,15?/m0/s1. The van der Waals surface area contributed by atoms with Crippen LogP contribution in [-0.4, -0.2) is 31.8 Å². The molecule has 0 bridgehead atoms. The average molecular weight is 276 g/mol. The third kappa shape index (κ3) is 3.97. The van der Waals surface area contributed by atoms with E-state index in [1.165, 1.54) is 5.56 Å². The molecule has 2 N–H and O–H groups in total. The predicted molar refractivity (Wildman–Crippen MR) is 79.8 cm³/mol. The quantitative estimate of drug-likeness (QED) is 0.839. The molecule has 0 aliphatic heterocycles. The summed E-state index contributed by atoms with van der Waals surface area (Å²) in [5.41, 5.74) is 1.37. The van der Waals surface area contributed by atoms with Crippen LogP contribution in [0.3, 0.4) is 0 Å². The van der Waals surface area contributed by atoms with Crippen LogP contribution in [0.4, 0.5) is 4.79 Å². The van der Waals surface area contributed by atoms with E-state index >= 15 is 0 Å². The lowest BCUT2D eigenvalue weighted by molar-refractivity contribution is 0.161. The molecule has 1 atom stereocenters. The topological polar surface area (TPSA) is 50.4 Å². The van der Waals surface area contributed by atoms with Crippen molar-refractivity contribution in [2.45, 2.75) is 44.2 Å². The van der Waals surface area contributed by atoms with Gasteiger partial charge in [0.15, 0.2) is 0 Å². The lowest BCUT2D eigenvalue weighted by atomic mass is 9.76. The van der Waals surface area contributed by atoms with Gasteiger partial charge in [-0.2, -0.15) is 0 Å². The van der Waals surface area contributed by atoms with E-state index < -0.39 is 0 Å². The third-order valence-corrected chi connectivity index (χ3v) is 3.94. The molecule has 2 amide bonds. The van der Waals surface area contributed by atoms with Crippen molar-refractivity contribution < 1.29 is 9.53 Å². The number of rotatable bonds is 6. The molecule has 1 aliphatic carbocycles. The van der Waals surface area contributed by atoms with Crippen molar-refractivity contribution in [1.82, 2.24) is 10.6 Å². The van der Waals surface area contributed by atoms with Crippen LogP contribution in [0.5, 0.6) is 0 Å². The van der Waals surface area contributed by atoms with Crippen molar-refractivity contribution >= 4 is 6.03 Å². The maximum atomic E-state index is 11.9. The highest BCUT2D eigenvalue weighted by Gasteiger charge is 2.31. The molecule has 1 saturated carbocycles. The molecule has 0 saturated heterocycles. The van der Waals surface area contributed by atoms with E-state index in [0.717, 1.165) is 19.3 Å². The van der Waals surface area contributed by atoms with Gasteiger partial charge in [-0.3, -0.25) is 0 Å². The van der Waals surface area contributed by atoms with Gasteiger partial charge in [0.2, 0.25) is 0 Å². The molecule has 110 valence electrons. The number of ether oxygens (including phenoxy) is 1. The summed E-state index contributed by atoms with van der Waals surface area (Å²) in [6.07, 6.45) is 2.93. The highest BCUT2D eigenvalue weighted by molar-refractivity contribution is 5.74. The number of urea groups is 1. The van der Waals surface area contributed by atoms with Gasteiger partial charge in [-0.15, -0.1) is 0 Å². The Kier molecular flexibility index (Phi) is 5.41. The molecule has 0 aromatic heterocycles. The molecule has 1 aromatic carbocycles. The van der Waals surface area contributed by atoms with Crippen LogP contribution >= 0.6 is 0 Å². The van der Waals surface area contributed by atoms with E-state index in [1.807, 2.05) is 13.0 Å². The molecule has 1 fully saturated rings. The molecular formula is C16H24N2O2. The summed E-state index contributed by atoms with van der Waals surface area (Å²) in [4.78, 5) is 11.9. The van der Waals surface area contributed by atoms with Crippen molar-refractivity contribution in [3.05, 3.63) is 35.9 Å². The minimum atomic E-state index is -0.0783. The van der Waals surface area contributed by atoms with E-state index in [1.54, 1.807) is 7.11 Å². The number of hydrogen-bond acceptors (Lipinski definition) is 2. The number of hydrogen-bond donors (Lipinski definition) is 2. The van der Waals surface area contributed by atoms with Gasteiger partial charge < -0.3 is 15.4 Å². The zero-order chi connectivity index (χ0) is 14.4. The van der Waals surface area contributed by atoms with Gasteiger partial charge in [0.25, 0.3) is 0 Å². The highest BCUT2D eigenvalue weighted by Crippen LogP contribution is 2.36. The van der Waals surface area contributed by atoms with E-state index in [0.29, 0.717) is 18.6 Å². The summed E-state index contributed by atoms with van der Waals surface area (Å²) in [5.74, 6) is 0.586. The van der Waals surface area contributed by atoms with Crippen LogP contribution in [0.2, 0.25) is 0 Å². The maximum Gasteiger partial charge on any atom is 0.315 e. The zero-order valence-electron chi connectivity index (χ0n) is 12.3. The van der Waals surface area contributed by atoms with Gasteiger partial charge >= 0.3 is 6.03 Å². The number of methoxy groups -OCH3 is 1. The third-order valence-electron chi connectivity index (χ3n) is 3.94. The summed E-state index contributed by atoms with van der Waals surface area (Å²) >= 11 is 0. The Morgan fingerprint density at radius 1 is 1.35 bits per heavy atom. The van der Waals surface area contributed by atoms with Crippen molar-refractivity contribution in [1.29, 1.82) is 0 Å². The van der Waals surface area contributed by atoms with Gasteiger partial charge in [0.05, 0.1) is 12.6 Å². The SMILES string of the molecule is CC[C@@H](COC)NC(=O)NC1CC(c2ccccc2)C1. The van der Waals surface area contributed by atoms with Crippen molar-refractivity contribution in [2.75, 3.05) is 13.7 Å². The fourth-order valence-electron chi connectivity index (χ4n) is 2.61. The first-order valence-electron chi connectivity index (χ1n) is 7.33. The molecule has 1 aromatic rings. The number of amides is 2. The fraction of sp³-hybridized carbons (Fsp3) is 0.562. The summed E-state index contributed by atoms with van der Waals surface area (Å²) < 4.78 is 5.07. The molecular weight excluding hydrogens is 252 g/mol.